The predicted octanol–water partition coefficient (Wildman–Crippen LogP) is 4.48. The largest absolute Gasteiger partial charge is 0.464 e. The number of esters is 1. The summed E-state index contributed by atoms with van der Waals surface area (Å²) in [5, 5.41) is 0. The Kier molecular flexibility index (Phi) is 5.61. The summed E-state index contributed by atoms with van der Waals surface area (Å²) in [6.45, 7) is 10.7. The van der Waals surface area contributed by atoms with Crippen LogP contribution >= 0.6 is 0 Å². The Morgan fingerprint density at radius 3 is 2.58 bits per heavy atom. The van der Waals surface area contributed by atoms with E-state index in [9.17, 15) is 4.79 Å². The van der Waals surface area contributed by atoms with Gasteiger partial charge in [-0.1, -0.05) is 39.0 Å². The summed E-state index contributed by atoms with van der Waals surface area (Å²) in [5.41, 5.74) is 1.97. The molecular formula is C18H24NO4Si. The Bertz CT molecular complexity index is 703. The van der Waals surface area contributed by atoms with Gasteiger partial charge in [0.15, 0.2) is 17.8 Å². The van der Waals surface area contributed by atoms with Crippen LogP contribution in [0.1, 0.15) is 42.9 Å². The van der Waals surface area contributed by atoms with Crippen molar-refractivity contribution in [3.05, 3.63) is 41.9 Å². The zero-order valence-electron chi connectivity index (χ0n) is 15.0. The lowest BCUT2D eigenvalue weighted by molar-refractivity contribution is 0.0595. The fraction of sp³-hybridized carbons (Fsp3) is 0.444. The molecule has 1 atom stereocenters. The van der Waals surface area contributed by atoms with E-state index in [0.29, 0.717) is 5.76 Å². The number of benzene rings is 1. The second-order valence-electron chi connectivity index (χ2n) is 6.92. The maximum atomic E-state index is 11.8. The number of carbonyl (C=O) groups is 1. The second kappa shape index (κ2) is 7.32. The molecule has 0 saturated heterocycles. The van der Waals surface area contributed by atoms with Gasteiger partial charge < -0.3 is 13.6 Å². The lowest BCUT2D eigenvalue weighted by Gasteiger charge is -2.33. The molecular weight excluding hydrogens is 322 g/mol. The Hall–Kier alpha value is -1.92. The van der Waals surface area contributed by atoms with E-state index in [4.69, 9.17) is 13.6 Å². The van der Waals surface area contributed by atoms with E-state index in [2.05, 4.69) is 38.8 Å². The van der Waals surface area contributed by atoms with E-state index in [1.165, 1.54) is 13.5 Å². The Labute approximate surface area is 144 Å². The number of rotatable bonds is 5. The van der Waals surface area contributed by atoms with E-state index in [1.54, 1.807) is 0 Å². The number of aromatic nitrogens is 1. The van der Waals surface area contributed by atoms with Gasteiger partial charge in [-0.25, -0.2) is 9.78 Å². The van der Waals surface area contributed by atoms with Gasteiger partial charge >= 0.3 is 5.97 Å². The predicted molar refractivity (Wildman–Crippen MR) is 94.0 cm³/mol. The highest BCUT2D eigenvalue weighted by atomic mass is 28.3. The van der Waals surface area contributed by atoms with Crippen LogP contribution in [0.25, 0.3) is 11.3 Å². The maximum absolute atomic E-state index is 11.8. The van der Waals surface area contributed by atoms with E-state index < -0.39 is 15.0 Å². The monoisotopic (exact) mass is 346 g/mol. The molecule has 0 aliphatic carbocycles. The zero-order valence-corrected chi connectivity index (χ0v) is 16.0. The van der Waals surface area contributed by atoms with Gasteiger partial charge in [0.25, 0.3) is 0 Å². The van der Waals surface area contributed by atoms with Gasteiger partial charge in [-0.15, -0.1) is 0 Å². The minimum absolute atomic E-state index is 0.0363. The number of hydrogen-bond donors (Lipinski definition) is 0. The molecule has 0 saturated carbocycles. The minimum Gasteiger partial charge on any atom is -0.464 e. The van der Waals surface area contributed by atoms with Crippen LogP contribution in [0.5, 0.6) is 0 Å². The van der Waals surface area contributed by atoms with E-state index >= 15 is 0 Å². The first-order chi connectivity index (χ1) is 11.2. The van der Waals surface area contributed by atoms with Crippen LogP contribution in [0, 0.1) is 5.41 Å². The molecule has 2 rings (SSSR count). The quantitative estimate of drug-likeness (QED) is 0.590. The minimum atomic E-state index is -0.864. The third-order valence-corrected chi connectivity index (χ3v) is 4.24. The van der Waals surface area contributed by atoms with Crippen molar-refractivity contribution in [1.82, 2.24) is 4.98 Å². The Balaban J connectivity index is 2.45. The number of ether oxygens (including phenoxy) is 1. The van der Waals surface area contributed by atoms with Crippen molar-refractivity contribution in [3.8, 4) is 11.3 Å². The number of oxazole rings is 1. The molecule has 0 aliphatic heterocycles. The summed E-state index contributed by atoms with van der Waals surface area (Å²) in [7, 11) is 0.462. The molecule has 1 aromatic carbocycles. The van der Waals surface area contributed by atoms with Gasteiger partial charge in [-0.05, 0) is 30.1 Å². The lowest BCUT2D eigenvalue weighted by atomic mass is 9.84. The maximum Gasteiger partial charge on any atom is 0.360 e. The van der Waals surface area contributed by atoms with Crippen LogP contribution in [-0.2, 0) is 9.16 Å². The average Bonchev–Trinajstić information content (AvgIpc) is 3.00. The highest BCUT2D eigenvalue weighted by molar-refractivity contribution is 6.48. The van der Waals surface area contributed by atoms with Gasteiger partial charge in [0.1, 0.15) is 0 Å². The highest BCUT2D eigenvalue weighted by Gasteiger charge is 2.29. The molecule has 129 valence electrons. The van der Waals surface area contributed by atoms with E-state index in [-0.39, 0.29) is 17.2 Å². The summed E-state index contributed by atoms with van der Waals surface area (Å²) in [4.78, 5) is 15.8. The molecule has 0 aliphatic rings. The first-order valence-corrected chi connectivity index (χ1v) is 10.2. The summed E-state index contributed by atoms with van der Waals surface area (Å²) in [6, 6.07) is 7.86. The molecule has 1 unspecified atom stereocenters. The highest BCUT2D eigenvalue weighted by Crippen LogP contribution is 2.38. The SMILES string of the molecule is COC(=O)c1ncoc1-c1cccc(C(O[Si](C)C)C(C)(C)C)c1. The van der Waals surface area contributed by atoms with Crippen LogP contribution in [0.2, 0.25) is 13.1 Å². The van der Waals surface area contributed by atoms with Gasteiger partial charge in [0.2, 0.25) is 9.04 Å². The fourth-order valence-electron chi connectivity index (χ4n) is 2.52. The molecule has 1 radical (unpaired) electrons. The summed E-state index contributed by atoms with van der Waals surface area (Å²) < 4.78 is 16.4. The summed E-state index contributed by atoms with van der Waals surface area (Å²) >= 11 is 0. The Morgan fingerprint density at radius 1 is 1.29 bits per heavy atom. The fourth-order valence-corrected chi connectivity index (χ4v) is 3.48. The Morgan fingerprint density at radius 2 is 2.00 bits per heavy atom. The van der Waals surface area contributed by atoms with Crippen LogP contribution < -0.4 is 0 Å². The van der Waals surface area contributed by atoms with Gasteiger partial charge in [-0.2, -0.15) is 0 Å². The van der Waals surface area contributed by atoms with E-state index in [0.717, 1.165) is 11.1 Å². The third-order valence-electron chi connectivity index (χ3n) is 3.54. The standard InChI is InChI=1S/C18H24NO4Si/c1-18(2,3)16(23-24(5)6)13-9-7-8-12(10-13)15-14(17(20)21-4)19-11-22-15/h7-11,16H,1-6H3. The van der Waals surface area contributed by atoms with Crippen molar-refractivity contribution >= 4 is 15.0 Å². The van der Waals surface area contributed by atoms with Crippen LogP contribution in [0.4, 0.5) is 0 Å². The first-order valence-electron chi connectivity index (χ1n) is 7.83. The molecule has 6 heteroatoms. The third kappa shape index (κ3) is 4.13. The number of hydrogen-bond acceptors (Lipinski definition) is 5. The summed E-state index contributed by atoms with van der Waals surface area (Å²) in [5.74, 6) is -0.102. The smallest absolute Gasteiger partial charge is 0.360 e. The second-order valence-corrected chi connectivity index (χ2v) is 8.97. The molecule has 24 heavy (non-hydrogen) atoms. The number of carbonyl (C=O) groups excluding carboxylic acids is 1. The van der Waals surface area contributed by atoms with Crippen LogP contribution in [0.3, 0.4) is 0 Å². The van der Waals surface area contributed by atoms with Crippen molar-refractivity contribution < 1.29 is 18.4 Å². The normalized spacial score (nSPS) is 13.1. The molecule has 5 nitrogen and oxygen atoms in total. The number of nitrogens with zero attached hydrogens (tertiary/aromatic N) is 1. The lowest BCUT2D eigenvalue weighted by Crippen LogP contribution is -2.25. The molecule has 1 aromatic heterocycles. The van der Waals surface area contributed by atoms with Crippen LogP contribution in [-0.4, -0.2) is 27.1 Å². The van der Waals surface area contributed by atoms with Gasteiger partial charge in [0.05, 0.1) is 13.2 Å². The first kappa shape index (κ1) is 18.4. The molecule has 0 spiro atoms. The van der Waals surface area contributed by atoms with Gasteiger partial charge in [-0.3, -0.25) is 0 Å². The topological polar surface area (TPSA) is 61.6 Å². The van der Waals surface area contributed by atoms with Crippen molar-refractivity contribution in [3.63, 3.8) is 0 Å². The van der Waals surface area contributed by atoms with Crippen molar-refractivity contribution in [2.24, 2.45) is 5.41 Å². The van der Waals surface area contributed by atoms with E-state index in [1.807, 2.05) is 24.3 Å². The molecule has 0 bridgehead atoms. The molecule has 1 heterocycles. The number of methoxy groups -OCH3 is 1. The van der Waals surface area contributed by atoms with Crippen molar-refractivity contribution in [1.29, 1.82) is 0 Å². The molecule has 0 N–H and O–H groups in total. The average molecular weight is 346 g/mol. The molecule has 0 fully saturated rings. The van der Waals surface area contributed by atoms with Crippen molar-refractivity contribution in [2.45, 2.75) is 40.0 Å². The van der Waals surface area contributed by atoms with Crippen molar-refractivity contribution in [2.75, 3.05) is 7.11 Å². The molecule has 2 aromatic rings. The van der Waals surface area contributed by atoms with Crippen LogP contribution in [0.15, 0.2) is 35.1 Å². The molecule has 0 amide bonds. The zero-order chi connectivity index (χ0) is 17.9. The van der Waals surface area contributed by atoms with Gasteiger partial charge in [0, 0.05) is 5.56 Å². The summed E-state index contributed by atoms with van der Waals surface area (Å²) in [6.07, 6.45) is 1.22.